The molecule has 0 heterocycles. The molecule has 1 aromatic carbocycles. The number of nitrogens with zero attached hydrogens (tertiary/aromatic N) is 1. The maximum atomic E-state index is 11.6. The summed E-state index contributed by atoms with van der Waals surface area (Å²) in [5.74, 6) is 0. The van der Waals surface area contributed by atoms with Crippen LogP contribution in [0.5, 0.6) is 0 Å². The maximum Gasteiger partial charge on any atom is 1.00 e. The molecule has 0 radical (unpaired) electrons. The van der Waals surface area contributed by atoms with E-state index in [0.29, 0.717) is 0 Å². The van der Waals surface area contributed by atoms with Crippen molar-refractivity contribution in [2.75, 3.05) is 14.1 Å². The third-order valence-electron chi connectivity index (χ3n) is 1.65. The molecule has 0 saturated carbocycles. The van der Waals surface area contributed by atoms with Crippen LogP contribution in [0.2, 0.25) is 0 Å². The summed E-state index contributed by atoms with van der Waals surface area (Å²) in [6.45, 7) is 0. The molecule has 0 fully saturated rings. The predicted octanol–water partition coefficient (Wildman–Crippen LogP) is -1.38. The second-order valence-electron chi connectivity index (χ2n) is 2.78. The quantitative estimate of drug-likeness (QED) is 0.560. The fourth-order valence-electron chi connectivity index (χ4n) is 0.888. The summed E-state index contributed by atoms with van der Waals surface area (Å²) in [6, 6.07) is 6.12. The van der Waals surface area contributed by atoms with Gasteiger partial charge in [0, 0.05) is 14.1 Å². The molecule has 1 N–H and O–H groups in total. The molecular weight excluding hydrogens is 195 g/mol. The van der Waals surface area contributed by atoms with Crippen molar-refractivity contribution in [3.05, 3.63) is 30.0 Å². The molecule has 0 bridgehead atoms. The maximum absolute atomic E-state index is 11.6. The first-order valence-electron chi connectivity index (χ1n) is 3.69. The summed E-state index contributed by atoms with van der Waals surface area (Å²) in [5.41, 5.74) is 7.44. The number of hydrogen-bond acceptors (Lipinski definition) is 2. The van der Waals surface area contributed by atoms with Gasteiger partial charge in [-0.2, -0.15) is 0 Å². The minimum absolute atomic E-state index is 0. The number of sulfonamides is 1. The van der Waals surface area contributed by atoms with E-state index in [4.69, 9.17) is 5.73 Å². The van der Waals surface area contributed by atoms with Crippen LogP contribution in [0.3, 0.4) is 0 Å². The first kappa shape index (κ1) is 13.5. The van der Waals surface area contributed by atoms with E-state index in [1.807, 2.05) is 0 Å². The Balaban J connectivity index is 0.00000169. The Hall–Kier alpha value is -0.473. The van der Waals surface area contributed by atoms with Gasteiger partial charge in [0.15, 0.2) is 0 Å². The molecule has 0 unspecified atom stereocenters. The normalized spacial score (nSPS) is 11.1. The molecule has 0 aliphatic rings. The average Bonchev–Trinajstić information content (AvgIpc) is 2.04. The Kier molecular flexibility index (Phi) is 4.69. The summed E-state index contributed by atoms with van der Waals surface area (Å²) < 4.78 is 24.2. The molecule has 0 aliphatic carbocycles. The Morgan fingerprint density at radius 1 is 1.21 bits per heavy atom. The molecule has 1 rings (SSSR count). The van der Waals surface area contributed by atoms with Gasteiger partial charge in [0.05, 0.1) is 4.90 Å². The van der Waals surface area contributed by atoms with E-state index in [1.54, 1.807) is 12.1 Å². The monoisotopic (exact) mass is 206 g/mol. The van der Waals surface area contributed by atoms with Gasteiger partial charge in [-0.25, -0.2) is 12.7 Å². The molecule has 0 spiro atoms. The van der Waals surface area contributed by atoms with Gasteiger partial charge in [0.1, 0.15) is 0 Å². The van der Waals surface area contributed by atoms with Crippen molar-refractivity contribution >= 4 is 15.7 Å². The summed E-state index contributed by atoms with van der Waals surface area (Å²) in [5, 5.41) is 0. The van der Waals surface area contributed by atoms with Gasteiger partial charge in [0.2, 0.25) is 10.0 Å². The molecule has 1 aromatic rings. The zero-order valence-corrected chi connectivity index (χ0v) is 9.30. The third-order valence-corrected chi connectivity index (χ3v) is 3.52. The molecule has 0 atom stereocenters. The molecule has 0 saturated heterocycles. The summed E-state index contributed by atoms with van der Waals surface area (Å²) in [7, 11) is -0.569. The van der Waals surface area contributed by atoms with Gasteiger partial charge in [-0.15, -0.1) is 5.69 Å². The Morgan fingerprint density at radius 2 is 1.71 bits per heavy atom. The molecule has 6 heteroatoms. The largest absolute Gasteiger partial charge is 1.00 e. The van der Waals surface area contributed by atoms with Gasteiger partial charge >= 0.3 is 18.9 Å². The Labute approximate surface area is 96.3 Å². The van der Waals surface area contributed by atoms with Gasteiger partial charge in [0.25, 0.3) is 0 Å². The fraction of sp³-hybridized carbons (Fsp3) is 0.250. The minimum atomic E-state index is -3.46. The van der Waals surface area contributed by atoms with E-state index in [2.05, 4.69) is 0 Å². The molecule has 14 heavy (non-hydrogen) atoms. The van der Waals surface area contributed by atoms with E-state index in [0.717, 1.165) is 4.31 Å². The summed E-state index contributed by atoms with van der Waals surface area (Å²) in [4.78, 5) is 0.0417. The first-order valence-corrected chi connectivity index (χ1v) is 5.13. The standard InChI is InChI=1S/C8H11N2O2S.Li/c1-10(2)13(11,12)8-6-4-3-5-7(8)9;/h3-6,9H,1-2H3;/q-1;+1. The first-order chi connectivity index (χ1) is 5.96. The SMILES string of the molecule is CN(C)S(=O)(=O)c1ccccc1[NH-].[Li+]. The van der Waals surface area contributed by atoms with E-state index in [9.17, 15) is 8.42 Å². The smallest absolute Gasteiger partial charge is 0.698 e. The molecule has 0 aromatic heterocycles. The fourth-order valence-corrected chi connectivity index (χ4v) is 1.88. The van der Waals surface area contributed by atoms with Crippen LogP contribution in [0, 0.1) is 0 Å². The minimum Gasteiger partial charge on any atom is -0.698 e. The summed E-state index contributed by atoms with van der Waals surface area (Å²) >= 11 is 0. The second-order valence-corrected chi connectivity index (χ2v) is 4.90. The second kappa shape index (κ2) is 4.85. The van der Waals surface area contributed by atoms with Crippen LogP contribution in [0.4, 0.5) is 5.69 Å². The Bertz CT molecular complexity index is 404. The van der Waals surface area contributed by atoms with E-state index in [-0.39, 0.29) is 29.4 Å². The zero-order chi connectivity index (χ0) is 10.1. The topological polar surface area (TPSA) is 61.2 Å². The van der Waals surface area contributed by atoms with E-state index in [1.165, 1.54) is 26.2 Å². The van der Waals surface area contributed by atoms with Crippen molar-refractivity contribution in [2.24, 2.45) is 0 Å². The van der Waals surface area contributed by atoms with Crippen LogP contribution >= 0.6 is 0 Å². The van der Waals surface area contributed by atoms with Crippen LogP contribution in [0.25, 0.3) is 5.73 Å². The average molecular weight is 206 g/mol. The van der Waals surface area contributed by atoms with Crippen molar-refractivity contribution in [3.63, 3.8) is 0 Å². The Morgan fingerprint density at radius 3 is 2.14 bits per heavy atom. The van der Waals surface area contributed by atoms with E-state index >= 15 is 0 Å². The van der Waals surface area contributed by atoms with Gasteiger partial charge in [-0.1, -0.05) is 18.2 Å². The third kappa shape index (κ3) is 2.52. The number of hydrogen-bond donors (Lipinski definition) is 0. The van der Waals surface area contributed by atoms with Crippen molar-refractivity contribution in [2.45, 2.75) is 4.90 Å². The van der Waals surface area contributed by atoms with Crippen molar-refractivity contribution in [1.29, 1.82) is 0 Å². The van der Waals surface area contributed by atoms with Crippen LogP contribution in [0.1, 0.15) is 0 Å². The molecule has 72 valence electrons. The van der Waals surface area contributed by atoms with Crippen molar-refractivity contribution in [1.82, 2.24) is 4.31 Å². The number of rotatable bonds is 2. The van der Waals surface area contributed by atoms with Crippen LogP contribution in [-0.4, -0.2) is 26.8 Å². The molecule has 0 amide bonds. The van der Waals surface area contributed by atoms with Crippen LogP contribution in [0.15, 0.2) is 29.2 Å². The number of benzene rings is 1. The van der Waals surface area contributed by atoms with Gasteiger partial charge < -0.3 is 5.73 Å². The van der Waals surface area contributed by atoms with Crippen molar-refractivity contribution < 1.29 is 27.3 Å². The number of nitrogens with one attached hydrogen (secondary N) is 1. The van der Waals surface area contributed by atoms with E-state index < -0.39 is 10.0 Å². The van der Waals surface area contributed by atoms with Crippen LogP contribution in [-0.2, 0) is 10.0 Å². The molecular formula is C8H11LiN2O2S. The molecule has 0 aliphatic heterocycles. The van der Waals surface area contributed by atoms with Gasteiger partial charge in [-0.05, 0) is 6.07 Å². The zero-order valence-electron chi connectivity index (χ0n) is 8.48. The predicted molar refractivity (Wildman–Crippen MR) is 51.3 cm³/mol. The molecule has 4 nitrogen and oxygen atoms in total. The summed E-state index contributed by atoms with van der Waals surface area (Å²) in [6.07, 6.45) is 0. The van der Waals surface area contributed by atoms with Gasteiger partial charge in [-0.3, -0.25) is 0 Å². The van der Waals surface area contributed by atoms with Crippen LogP contribution < -0.4 is 18.9 Å². The van der Waals surface area contributed by atoms with Crippen molar-refractivity contribution in [3.8, 4) is 0 Å².